The average Bonchev–Trinajstić information content (AvgIpc) is 3.38. The van der Waals surface area contributed by atoms with Crippen LogP contribution in [0, 0.1) is 17.3 Å². The zero-order valence-corrected chi connectivity index (χ0v) is 19.9. The number of benzene rings is 2. The van der Waals surface area contributed by atoms with E-state index in [1.807, 2.05) is 12.1 Å². The average molecular weight is 642 g/mol. The summed E-state index contributed by atoms with van der Waals surface area (Å²) >= 11 is 4.28. The lowest BCUT2D eigenvalue weighted by molar-refractivity contribution is -0.384. The van der Waals surface area contributed by atoms with Gasteiger partial charge in [0.25, 0.3) is 11.6 Å². The molecule has 0 spiro atoms. The van der Waals surface area contributed by atoms with E-state index in [0.29, 0.717) is 17.1 Å². The van der Waals surface area contributed by atoms with Crippen LogP contribution in [0.25, 0.3) is 6.08 Å². The van der Waals surface area contributed by atoms with E-state index >= 15 is 0 Å². The highest BCUT2D eigenvalue weighted by atomic mass is 127. The highest BCUT2D eigenvalue weighted by Crippen LogP contribution is 2.31. The van der Waals surface area contributed by atoms with Crippen molar-refractivity contribution in [3.05, 3.63) is 94.6 Å². The molecule has 0 radical (unpaired) electrons. The summed E-state index contributed by atoms with van der Waals surface area (Å²) in [5.41, 5.74) is 1.64. The molecule has 0 aliphatic carbocycles. The van der Waals surface area contributed by atoms with Crippen molar-refractivity contribution in [3.63, 3.8) is 0 Å². The molecule has 0 atom stereocenters. The fourth-order valence-electron chi connectivity index (χ4n) is 2.79. The SMILES string of the molecule is O=C1OC(c2ccco2)=N/C1=C\c1cc(I)c(OCc2cccc([N+](=O)[O-])c2)c(I)c1. The van der Waals surface area contributed by atoms with Gasteiger partial charge in [0.2, 0.25) is 0 Å². The number of aliphatic imine (C=N–C) groups is 1. The number of rotatable bonds is 6. The summed E-state index contributed by atoms with van der Waals surface area (Å²) in [7, 11) is 0. The van der Waals surface area contributed by atoms with Crippen molar-refractivity contribution in [1.29, 1.82) is 0 Å². The van der Waals surface area contributed by atoms with Crippen LogP contribution in [0.15, 0.2) is 69.9 Å². The first-order valence-corrected chi connectivity index (χ1v) is 11.0. The zero-order valence-electron chi connectivity index (χ0n) is 15.6. The molecule has 2 heterocycles. The second-order valence-electron chi connectivity index (χ2n) is 6.34. The van der Waals surface area contributed by atoms with Gasteiger partial charge in [0.05, 0.1) is 18.3 Å². The predicted molar refractivity (Wildman–Crippen MR) is 129 cm³/mol. The first kappa shape index (κ1) is 21.5. The molecule has 0 amide bonds. The number of nitro benzene ring substituents is 1. The number of furan rings is 1. The Morgan fingerprint density at radius 3 is 2.58 bits per heavy atom. The van der Waals surface area contributed by atoms with Gasteiger partial charge in [0.1, 0.15) is 12.4 Å². The van der Waals surface area contributed by atoms with Gasteiger partial charge in [0.15, 0.2) is 11.5 Å². The molecular formula is C21H12I2N2O6. The van der Waals surface area contributed by atoms with E-state index in [1.54, 1.807) is 30.3 Å². The Morgan fingerprint density at radius 2 is 1.90 bits per heavy atom. The number of hydrogen-bond donors (Lipinski definition) is 0. The highest BCUT2D eigenvalue weighted by Gasteiger charge is 2.26. The Bertz CT molecular complexity index is 1210. The highest BCUT2D eigenvalue weighted by molar-refractivity contribution is 14.1. The van der Waals surface area contributed by atoms with Gasteiger partial charge < -0.3 is 13.9 Å². The first-order valence-electron chi connectivity index (χ1n) is 8.82. The summed E-state index contributed by atoms with van der Waals surface area (Å²) in [6.45, 7) is 0.192. The van der Waals surface area contributed by atoms with Crippen LogP contribution in [0.4, 0.5) is 5.69 Å². The van der Waals surface area contributed by atoms with Gasteiger partial charge in [-0.25, -0.2) is 9.79 Å². The molecule has 1 aliphatic heterocycles. The minimum absolute atomic E-state index is 0.0189. The van der Waals surface area contributed by atoms with E-state index in [2.05, 4.69) is 50.2 Å². The largest absolute Gasteiger partial charge is 0.487 e. The molecule has 0 bridgehead atoms. The summed E-state index contributed by atoms with van der Waals surface area (Å²) in [4.78, 5) is 26.8. The van der Waals surface area contributed by atoms with Gasteiger partial charge in [-0.05, 0) is 86.7 Å². The number of nitrogens with zero attached hydrogens (tertiary/aromatic N) is 2. The third-order valence-electron chi connectivity index (χ3n) is 4.18. The van der Waals surface area contributed by atoms with Crippen LogP contribution < -0.4 is 4.74 Å². The summed E-state index contributed by atoms with van der Waals surface area (Å²) in [5.74, 6) is 0.611. The van der Waals surface area contributed by atoms with Crippen molar-refractivity contribution in [3.8, 4) is 5.75 Å². The lowest BCUT2D eigenvalue weighted by Gasteiger charge is -2.11. The van der Waals surface area contributed by atoms with Gasteiger partial charge in [-0.15, -0.1) is 0 Å². The second-order valence-corrected chi connectivity index (χ2v) is 8.67. The van der Waals surface area contributed by atoms with Crippen LogP contribution in [-0.2, 0) is 16.1 Å². The first-order chi connectivity index (χ1) is 14.9. The van der Waals surface area contributed by atoms with E-state index in [4.69, 9.17) is 13.9 Å². The summed E-state index contributed by atoms with van der Waals surface area (Å²) in [6.07, 6.45) is 3.11. The smallest absolute Gasteiger partial charge is 0.363 e. The number of non-ortho nitro benzene ring substituents is 1. The van der Waals surface area contributed by atoms with Crippen LogP contribution in [0.3, 0.4) is 0 Å². The molecule has 0 unspecified atom stereocenters. The maximum atomic E-state index is 12.1. The second kappa shape index (κ2) is 9.18. The van der Waals surface area contributed by atoms with Crippen LogP contribution in [-0.4, -0.2) is 16.8 Å². The van der Waals surface area contributed by atoms with Crippen molar-refractivity contribution < 1.29 is 23.6 Å². The zero-order chi connectivity index (χ0) is 22.0. The Hall–Kier alpha value is -2.74. The molecule has 2 aromatic carbocycles. The molecule has 8 nitrogen and oxygen atoms in total. The summed E-state index contributed by atoms with van der Waals surface area (Å²) in [5, 5.41) is 10.9. The van der Waals surface area contributed by atoms with Crippen molar-refractivity contribution in [2.75, 3.05) is 0 Å². The van der Waals surface area contributed by atoms with Crippen LogP contribution in [0.2, 0.25) is 0 Å². The van der Waals surface area contributed by atoms with E-state index < -0.39 is 10.9 Å². The maximum Gasteiger partial charge on any atom is 0.363 e. The molecule has 1 aliphatic rings. The fraction of sp³-hybridized carbons (Fsp3) is 0.0476. The van der Waals surface area contributed by atoms with Gasteiger partial charge in [0, 0.05) is 12.1 Å². The number of ether oxygens (including phenoxy) is 2. The summed E-state index contributed by atoms with van der Waals surface area (Å²) in [6, 6.07) is 13.4. The van der Waals surface area contributed by atoms with Crippen molar-refractivity contribution in [1.82, 2.24) is 0 Å². The maximum absolute atomic E-state index is 12.1. The lowest BCUT2D eigenvalue weighted by Crippen LogP contribution is -2.04. The number of carbonyl (C=O) groups is 1. The van der Waals surface area contributed by atoms with Gasteiger partial charge in [-0.3, -0.25) is 10.1 Å². The van der Waals surface area contributed by atoms with Crippen LogP contribution in [0.5, 0.6) is 5.75 Å². The van der Waals surface area contributed by atoms with E-state index in [9.17, 15) is 14.9 Å². The molecule has 0 fully saturated rings. The molecule has 1 aromatic heterocycles. The quantitative estimate of drug-likeness (QED) is 0.119. The van der Waals surface area contributed by atoms with Crippen LogP contribution >= 0.6 is 45.2 Å². The third-order valence-corrected chi connectivity index (χ3v) is 5.78. The molecule has 10 heteroatoms. The van der Waals surface area contributed by atoms with Gasteiger partial charge >= 0.3 is 5.97 Å². The topological polar surface area (TPSA) is 104 Å². The Morgan fingerprint density at radius 1 is 1.13 bits per heavy atom. The van der Waals surface area contributed by atoms with E-state index in [-0.39, 0.29) is 23.9 Å². The molecule has 156 valence electrons. The van der Waals surface area contributed by atoms with E-state index in [1.165, 1.54) is 18.4 Å². The van der Waals surface area contributed by atoms with Gasteiger partial charge in [-0.1, -0.05) is 12.1 Å². The molecule has 3 aromatic rings. The number of carbonyl (C=O) groups excluding carboxylic acids is 1. The van der Waals surface area contributed by atoms with Gasteiger partial charge in [-0.2, -0.15) is 0 Å². The number of hydrogen-bond acceptors (Lipinski definition) is 7. The van der Waals surface area contributed by atoms with Crippen molar-refractivity contribution in [2.24, 2.45) is 4.99 Å². The predicted octanol–water partition coefficient (Wildman–Crippen LogP) is 5.32. The number of cyclic esters (lactones) is 1. The fourth-order valence-corrected chi connectivity index (χ4v) is 4.92. The number of esters is 1. The molecular weight excluding hydrogens is 630 g/mol. The minimum atomic E-state index is -0.553. The Balaban J connectivity index is 1.54. The van der Waals surface area contributed by atoms with Crippen LogP contribution in [0.1, 0.15) is 16.9 Å². The standard InChI is InChI=1S/C21H12I2N2O6/c22-15-8-13(10-17-21(26)31-20(24-17)18-5-2-6-29-18)9-16(23)19(15)30-11-12-3-1-4-14(7-12)25(27)28/h1-10H,11H2/b17-10-. The number of halogens is 2. The minimum Gasteiger partial charge on any atom is -0.487 e. The molecule has 0 saturated carbocycles. The number of nitro groups is 1. The monoisotopic (exact) mass is 642 g/mol. The third kappa shape index (κ3) is 4.95. The van der Waals surface area contributed by atoms with Crippen molar-refractivity contribution >= 4 is 68.8 Å². The Kier molecular flexibility index (Phi) is 6.36. The van der Waals surface area contributed by atoms with Crippen molar-refractivity contribution in [2.45, 2.75) is 6.61 Å². The molecule has 0 saturated heterocycles. The summed E-state index contributed by atoms with van der Waals surface area (Å²) < 4.78 is 17.9. The molecule has 0 N–H and O–H groups in total. The van der Waals surface area contributed by atoms with E-state index in [0.717, 1.165) is 12.7 Å². The lowest BCUT2D eigenvalue weighted by atomic mass is 10.2. The Labute approximate surface area is 203 Å². The molecule has 4 rings (SSSR count). The normalized spacial score (nSPS) is 14.5. The molecule has 31 heavy (non-hydrogen) atoms.